The first kappa shape index (κ1) is 20.4. The van der Waals surface area contributed by atoms with Crippen molar-refractivity contribution in [1.82, 2.24) is 0 Å². The van der Waals surface area contributed by atoms with E-state index in [4.69, 9.17) is 18.9 Å². The summed E-state index contributed by atoms with van der Waals surface area (Å²) in [5, 5.41) is 0. The summed E-state index contributed by atoms with van der Waals surface area (Å²) in [6.07, 6.45) is 3.99. The first-order valence-corrected chi connectivity index (χ1v) is 8.09. The third-order valence-corrected chi connectivity index (χ3v) is 3.52. The Morgan fingerprint density at radius 2 is 1.96 bits per heavy atom. The second kappa shape index (κ2) is 9.59. The lowest BCUT2D eigenvalue weighted by Gasteiger charge is -2.16. The highest BCUT2D eigenvalue weighted by Crippen LogP contribution is 2.28. The number of hydrogen-bond acceptors (Lipinski definition) is 6. The summed E-state index contributed by atoms with van der Waals surface area (Å²) >= 11 is 0. The van der Waals surface area contributed by atoms with Crippen molar-refractivity contribution in [3.63, 3.8) is 0 Å². The monoisotopic (exact) mass is 342 g/mol. The summed E-state index contributed by atoms with van der Waals surface area (Å²) in [4.78, 5) is 21.7. The third kappa shape index (κ3) is 6.45. The Balaban J connectivity index is 0.000000443. The highest BCUT2D eigenvalue weighted by Gasteiger charge is 2.34. The van der Waals surface area contributed by atoms with Crippen LogP contribution in [-0.2, 0) is 28.5 Å². The fourth-order valence-corrected chi connectivity index (χ4v) is 2.66. The molecule has 3 atom stereocenters. The Morgan fingerprint density at radius 1 is 1.29 bits per heavy atom. The van der Waals surface area contributed by atoms with Crippen molar-refractivity contribution < 1.29 is 30.0 Å². The molecule has 1 fully saturated rings. The fraction of sp³-hybridized carbons (Fsp3) is 0.667. The van der Waals surface area contributed by atoms with Crippen LogP contribution in [0.2, 0.25) is 0 Å². The minimum Gasteiger partial charge on any atom is -0.435 e. The summed E-state index contributed by atoms with van der Waals surface area (Å²) in [7, 11) is 3.09. The number of rotatable bonds is 5. The first-order chi connectivity index (χ1) is 11.3. The van der Waals surface area contributed by atoms with Gasteiger partial charge in [0.15, 0.2) is 0 Å². The molecule has 3 unspecified atom stereocenters. The molecule has 24 heavy (non-hydrogen) atoms. The van der Waals surface area contributed by atoms with E-state index in [1.807, 2.05) is 19.9 Å². The molecule has 138 valence electrons. The molecule has 2 rings (SSSR count). The highest BCUT2D eigenvalue weighted by molar-refractivity contribution is 5.86. The second-order valence-corrected chi connectivity index (χ2v) is 6.56. The topological polar surface area (TPSA) is 71.1 Å². The molecule has 0 aliphatic carbocycles. The first-order valence-electron chi connectivity index (χ1n) is 8.09. The number of ether oxygens (including phenoxy) is 4. The van der Waals surface area contributed by atoms with Crippen molar-refractivity contribution in [2.75, 3.05) is 14.2 Å². The molecule has 6 heteroatoms. The third-order valence-electron chi connectivity index (χ3n) is 3.52. The molecule has 2 aliphatic rings. The van der Waals surface area contributed by atoms with Gasteiger partial charge in [0, 0.05) is 33.2 Å². The van der Waals surface area contributed by atoms with Gasteiger partial charge in [0.1, 0.15) is 0 Å². The highest BCUT2D eigenvalue weighted by atomic mass is 16.7. The number of cyclic esters (lactones) is 2. The molecule has 0 spiro atoms. The summed E-state index contributed by atoms with van der Waals surface area (Å²) in [6, 6.07) is 0. The van der Waals surface area contributed by atoms with E-state index < -0.39 is 6.29 Å². The average Bonchev–Trinajstić information content (AvgIpc) is 3.00. The smallest absolute Gasteiger partial charge is 0.333 e. The van der Waals surface area contributed by atoms with Gasteiger partial charge in [0.2, 0.25) is 12.6 Å². The number of allylic oxidation sites excluding steroid dienone is 1. The molecule has 0 aromatic rings. The normalized spacial score (nSPS) is 25.6. The summed E-state index contributed by atoms with van der Waals surface area (Å²) in [5.41, 5.74) is 1.89. The maximum absolute atomic E-state index is 10.9. The lowest BCUT2D eigenvalue weighted by molar-refractivity contribution is -0.162. The van der Waals surface area contributed by atoms with Crippen LogP contribution in [0.5, 0.6) is 0 Å². The van der Waals surface area contributed by atoms with Gasteiger partial charge in [0.25, 0.3) is 0 Å². The molecule has 0 radical (unpaired) electrons. The van der Waals surface area contributed by atoms with Gasteiger partial charge in [-0.3, -0.25) is 4.79 Å². The molecule has 0 aromatic heterocycles. The quantitative estimate of drug-likeness (QED) is 0.715. The van der Waals surface area contributed by atoms with Gasteiger partial charge in [-0.25, -0.2) is 4.79 Å². The molecule has 0 bridgehead atoms. The van der Waals surface area contributed by atoms with Crippen molar-refractivity contribution in [2.24, 2.45) is 11.8 Å². The Hall–Kier alpha value is -1.66. The van der Waals surface area contributed by atoms with E-state index in [1.165, 1.54) is 13.2 Å². The average molecular weight is 342 g/mol. The van der Waals surface area contributed by atoms with Gasteiger partial charge in [-0.1, -0.05) is 25.5 Å². The Bertz CT molecular complexity index is 508. The molecule has 1 saturated heterocycles. The summed E-state index contributed by atoms with van der Waals surface area (Å²) in [5.74, 6) is 0.367. The van der Waals surface area contributed by atoms with Crippen LogP contribution in [0.3, 0.4) is 0 Å². The number of esters is 2. The van der Waals surface area contributed by atoms with Gasteiger partial charge in [-0.2, -0.15) is 0 Å². The maximum Gasteiger partial charge on any atom is 0.333 e. The maximum atomic E-state index is 10.9. The largest absolute Gasteiger partial charge is 0.435 e. The van der Waals surface area contributed by atoms with E-state index in [-0.39, 0.29) is 25.6 Å². The summed E-state index contributed by atoms with van der Waals surface area (Å²) < 4.78 is 19.8. The van der Waals surface area contributed by atoms with Gasteiger partial charge in [-0.15, -0.1) is 0 Å². The van der Waals surface area contributed by atoms with Crippen molar-refractivity contribution >= 4 is 11.9 Å². The number of carbonyl (C=O) groups excluding carboxylic acids is 2. The Labute approximate surface area is 145 Å². The van der Waals surface area contributed by atoms with Gasteiger partial charge < -0.3 is 18.9 Å². The van der Waals surface area contributed by atoms with Gasteiger partial charge >= 0.3 is 11.9 Å². The molecule has 2 aliphatic heterocycles. The van der Waals surface area contributed by atoms with Crippen LogP contribution < -0.4 is 0 Å². The fourth-order valence-electron chi connectivity index (χ4n) is 2.66. The predicted molar refractivity (Wildman–Crippen MR) is 91.0 cm³/mol. The van der Waals surface area contributed by atoms with Crippen LogP contribution >= 0.6 is 0 Å². The van der Waals surface area contributed by atoms with Crippen molar-refractivity contribution in [1.29, 1.82) is 0 Å². The zero-order valence-electron chi connectivity index (χ0n) is 15.3. The molecule has 0 amide bonds. The minimum atomic E-state index is -0.521. The molecule has 0 N–H and O–H groups in total. The predicted octanol–water partition coefficient (Wildman–Crippen LogP) is 3.22. The number of hydrogen-bond donors (Lipinski definition) is 0. The van der Waals surface area contributed by atoms with Crippen molar-refractivity contribution in [3.8, 4) is 0 Å². The van der Waals surface area contributed by atoms with E-state index in [9.17, 15) is 9.59 Å². The van der Waals surface area contributed by atoms with E-state index in [0.29, 0.717) is 12.3 Å². The Kier molecular flexibility index (Phi) is 8.15. The van der Waals surface area contributed by atoms with Crippen LogP contribution in [0.25, 0.3) is 0 Å². The van der Waals surface area contributed by atoms with Gasteiger partial charge in [-0.05, 0) is 26.2 Å². The molecule has 6 nitrogen and oxygen atoms in total. The molecule has 0 aromatic carbocycles. The van der Waals surface area contributed by atoms with Crippen molar-refractivity contribution in [2.45, 2.75) is 53.1 Å². The van der Waals surface area contributed by atoms with E-state index >= 15 is 0 Å². The molecule has 2 heterocycles. The second-order valence-electron chi connectivity index (χ2n) is 6.56. The van der Waals surface area contributed by atoms with Crippen LogP contribution in [0, 0.1) is 11.8 Å². The summed E-state index contributed by atoms with van der Waals surface area (Å²) in [6.45, 7) is 8.18. The van der Waals surface area contributed by atoms with Crippen LogP contribution in [-0.4, -0.2) is 38.7 Å². The van der Waals surface area contributed by atoms with E-state index in [0.717, 1.165) is 17.6 Å². The SMILES string of the molecule is COC1OC(=O)C=C1C=C(C)C.COC1OC(=O)CC1CC(C)C.[HH]. The lowest BCUT2D eigenvalue weighted by atomic mass is 9.95. The van der Waals surface area contributed by atoms with Gasteiger partial charge in [0.05, 0.1) is 6.42 Å². The number of methoxy groups -OCH3 is 2. The number of carbonyl (C=O) groups is 2. The van der Waals surface area contributed by atoms with Crippen LogP contribution in [0.1, 0.15) is 42.0 Å². The molecular formula is C18H30O6. The Morgan fingerprint density at radius 3 is 2.46 bits per heavy atom. The van der Waals surface area contributed by atoms with Crippen LogP contribution in [0.15, 0.2) is 23.3 Å². The minimum absolute atomic E-state index is 0. The van der Waals surface area contributed by atoms with Crippen molar-refractivity contribution in [3.05, 3.63) is 23.3 Å². The standard InChI is InChI=1S/C9H16O3.C9H12O3.H2/c2*1-6(2)4-7-5-8(10)12-9(7)11-3;/h6-7,9H,4-5H2,1-3H3;4-5,9H,1-3H3;1H. The zero-order chi connectivity index (χ0) is 18.3. The zero-order valence-corrected chi connectivity index (χ0v) is 15.3. The molecule has 0 saturated carbocycles. The van der Waals surface area contributed by atoms with E-state index in [1.54, 1.807) is 7.11 Å². The van der Waals surface area contributed by atoms with Crippen LogP contribution in [0.4, 0.5) is 0 Å². The molecular weight excluding hydrogens is 312 g/mol. The lowest BCUT2D eigenvalue weighted by Crippen LogP contribution is -2.19. The van der Waals surface area contributed by atoms with E-state index in [2.05, 4.69) is 13.8 Å².